The summed E-state index contributed by atoms with van der Waals surface area (Å²) in [6.45, 7) is 4.27. The van der Waals surface area contributed by atoms with Gasteiger partial charge in [-0.1, -0.05) is 26.7 Å². The highest BCUT2D eigenvalue weighted by atomic mass is 16.5. The molecule has 1 N–H and O–H groups in total. The van der Waals surface area contributed by atoms with Gasteiger partial charge in [0.15, 0.2) is 0 Å². The van der Waals surface area contributed by atoms with Crippen molar-refractivity contribution in [2.24, 2.45) is 0 Å². The summed E-state index contributed by atoms with van der Waals surface area (Å²) in [5.41, 5.74) is 0. The molecule has 1 saturated carbocycles. The van der Waals surface area contributed by atoms with Crippen molar-refractivity contribution in [3.05, 3.63) is 0 Å². The molecule has 1 aliphatic heterocycles. The predicted molar refractivity (Wildman–Crippen MR) is 51.5 cm³/mol. The van der Waals surface area contributed by atoms with Crippen molar-refractivity contribution < 1.29 is 9.53 Å². The molecule has 0 spiro atoms. The zero-order chi connectivity index (χ0) is 9.68. The van der Waals surface area contributed by atoms with E-state index in [0.717, 1.165) is 12.8 Å². The lowest BCUT2D eigenvalue weighted by atomic mass is 9.91. The third-order valence-corrected chi connectivity index (χ3v) is 2.48. The maximum atomic E-state index is 10.9. The van der Waals surface area contributed by atoms with Crippen LogP contribution >= 0.6 is 0 Å². The first kappa shape index (κ1) is 10.5. The predicted octanol–water partition coefficient (Wildman–Crippen LogP) is 1.47. The number of carbonyl (C=O) groups is 1. The number of amides is 1. The van der Waals surface area contributed by atoms with Gasteiger partial charge in [0.2, 0.25) is 5.91 Å². The minimum atomic E-state index is 0.0492. The first-order chi connectivity index (χ1) is 6.36. The van der Waals surface area contributed by atoms with Gasteiger partial charge in [-0.25, -0.2) is 0 Å². The average Bonchev–Trinajstić information content (AvgIpc) is 2.21. The zero-order valence-electron chi connectivity index (χ0n) is 8.51. The Morgan fingerprint density at radius 2 is 2.00 bits per heavy atom. The van der Waals surface area contributed by atoms with Crippen molar-refractivity contribution in [3.8, 4) is 0 Å². The van der Waals surface area contributed by atoms with Crippen LogP contribution < -0.4 is 5.32 Å². The second-order valence-electron chi connectivity index (χ2n) is 3.31. The fraction of sp³-hybridized carbons (Fsp3) is 0.900. The molecule has 1 heterocycles. The van der Waals surface area contributed by atoms with Gasteiger partial charge in [-0.15, -0.1) is 0 Å². The van der Waals surface area contributed by atoms with Gasteiger partial charge in [-0.2, -0.15) is 0 Å². The molecule has 13 heavy (non-hydrogen) atoms. The van der Waals surface area contributed by atoms with Crippen molar-refractivity contribution in [2.75, 3.05) is 6.61 Å². The highest BCUT2D eigenvalue weighted by molar-refractivity contribution is 5.78. The van der Waals surface area contributed by atoms with E-state index in [4.69, 9.17) is 4.74 Å². The van der Waals surface area contributed by atoms with Crippen LogP contribution in [0.2, 0.25) is 0 Å². The number of fused-ring (bicyclic) bond motifs is 1. The monoisotopic (exact) mass is 185 g/mol. The zero-order valence-corrected chi connectivity index (χ0v) is 8.51. The van der Waals surface area contributed by atoms with E-state index in [1.165, 1.54) is 12.8 Å². The van der Waals surface area contributed by atoms with Crippen molar-refractivity contribution in [1.29, 1.82) is 0 Å². The topological polar surface area (TPSA) is 38.3 Å². The summed E-state index contributed by atoms with van der Waals surface area (Å²) in [6, 6.07) is 0.310. The first-order valence-corrected chi connectivity index (χ1v) is 5.27. The van der Waals surface area contributed by atoms with Crippen LogP contribution in [-0.4, -0.2) is 24.7 Å². The van der Waals surface area contributed by atoms with Gasteiger partial charge >= 0.3 is 0 Å². The standard InChI is InChI=1S/C8H13NO2.C2H6/c10-8-5-11-7-4-2-1-3-6(7)9-8;1-2/h6-7H,1-5H2,(H,9,10);1-2H3. The molecular weight excluding hydrogens is 166 g/mol. The molecule has 2 unspecified atom stereocenters. The molecule has 1 aliphatic carbocycles. The number of carbonyl (C=O) groups excluding carboxylic acids is 1. The highest BCUT2D eigenvalue weighted by Crippen LogP contribution is 2.22. The lowest BCUT2D eigenvalue weighted by Crippen LogP contribution is -2.52. The summed E-state index contributed by atoms with van der Waals surface area (Å²) >= 11 is 0. The smallest absolute Gasteiger partial charge is 0.246 e. The van der Waals surface area contributed by atoms with Crippen LogP contribution in [0.4, 0.5) is 0 Å². The quantitative estimate of drug-likeness (QED) is 0.620. The Bertz CT molecular complexity index is 170. The normalized spacial score (nSPS) is 32.3. The van der Waals surface area contributed by atoms with Gasteiger partial charge in [-0.3, -0.25) is 4.79 Å². The van der Waals surface area contributed by atoms with Gasteiger partial charge in [0, 0.05) is 0 Å². The van der Waals surface area contributed by atoms with E-state index in [1.54, 1.807) is 0 Å². The molecule has 3 nitrogen and oxygen atoms in total. The van der Waals surface area contributed by atoms with Gasteiger partial charge in [-0.05, 0) is 12.8 Å². The largest absolute Gasteiger partial charge is 0.366 e. The molecule has 2 atom stereocenters. The minimum Gasteiger partial charge on any atom is -0.366 e. The number of nitrogens with one attached hydrogen (secondary N) is 1. The van der Waals surface area contributed by atoms with E-state index in [1.807, 2.05) is 13.8 Å². The summed E-state index contributed by atoms with van der Waals surface area (Å²) in [4.78, 5) is 10.9. The lowest BCUT2D eigenvalue weighted by molar-refractivity contribution is -0.138. The average molecular weight is 185 g/mol. The molecule has 0 radical (unpaired) electrons. The van der Waals surface area contributed by atoms with Crippen LogP contribution in [0.3, 0.4) is 0 Å². The molecule has 0 bridgehead atoms. The van der Waals surface area contributed by atoms with E-state index >= 15 is 0 Å². The molecule has 76 valence electrons. The van der Waals surface area contributed by atoms with Crippen LogP contribution in [0.25, 0.3) is 0 Å². The summed E-state index contributed by atoms with van der Waals surface area (Å²) in [6.07, 6.45) is 4.99. The van der Waals surface area contributed by atoms with E-state index in [9.17, 15) is 4.79 Å². The van der Waals surface area contributed by atoms with Crippen LogP contribution in [0, 0.1) is 0 Å². The van der Waals surface area contributed by atoms with Crippen molar-refractivity contribution in [2.45, 2.75) is 51.7 Å². The maximum absolute atomic E-state index is 10.9. The summed E-state index contributed by atoms with van der Waals surface area (Å²) in [5.74, 6) is 0.0492. The third kappa shape index (κ3) is 2.69. The van der Waals surface area contributed by atoms with Crippen molar-refractivity contribution in [3.63, 3.8) is 0 Å². The number of hydrogen-bond acceptors (Lipinski definition) is 2. The summed E-state index contributed by atoms with van der Waals surface area (Å²) in [5, 5.41) is 2.95. The van der Waals surface area contributed by atoms with E-state index < -0.39 is 0 Å². The van der Waals surface area contributed by atoms with Gasteiger partial charge in [0.1, 0.15) is 6.61 Å². The Morgan fingerprint density at radius 1 is 1.31 bits per heavy atom. The van der Waals surface area contributed by atoms with E-state index in [-0.39, 0.29) is 12.5 Å². The summed E-state index contributed by atoms with van der Waals surface area (Å²) in [7, 11) is 0. The summed E-state index contributed by atoms with van der Waals surface area (Å²) < 4.78 is 5.38. The van der Waals surface area contributed by atoms with Gasteiger partial charge in [0.05, 0.1) is 12.1 Å². The van der Waals surface area contributed by atoms with Crippen molar-refractivity contribution in [1.82, 2.24) is 5.32 Å². The number of rotatable bonds is 0. The fourth-order valence-electron chi connectivity index (χ4n) is 1.89. The van der Waals surface area contributed by atoms with Crippen LogP contribution in [-0.2, 0) is 9.53 Å². The lowest BCUT2D eigenvalue weighted by Gasteiger charge is -2.35. The molecule has 3 heteroatoms. The molecule has 1 saturated heterocycles. The second-order valence-corrected chi connectivity index (χ2v) is 3.31. The molecule has 2 fully saturated rings. The Kier molecular flexibility index (Phi) is 4.22. The van der Waals surface area contributed by atoms with E-state index in [2.05, 4.69) is 5.32 Å². The van der Waals surface area contributed by atoms with E-state index in [0.29, 0.717) is 12.1 Å². The maximum Gasteiger partial charge on any atom is 0.246 e. The Labute approximate surface area is 79.8 Å². The Morgan fingerprint density at radius 3 is 2.77 bits per heavy atom. The Hall–Kier alpha value is -0.570. The van der Waals surface area contributed by atoms with Crippen LogP contribution in [0.5, 0.6) is 0 Å². The van der Waals surface area contributed by atoms with Gasteiger partial charge in [0.25, 0.3) is 0 Å². The fourth-order valence-corrected chi connectivity index (χ4v) is 1.89. The SMILES string of the molecule is CC.O=C1COC2CCCCC2N1. The number of hydrogen-bond donors (Lipinski definition) is 1. The van der Waals surface area contributed by atoms with Crippen LogP contribution in [0.1, 0.15) is 39.5 Å². The van der Waals surface area contributed by atoms with Crippen LogP contribution in [0.15, 0.2) is 0 Å². The third-order valence-electron chi connectivity index (χ3n) is 2.48. The number of morpholine rings is 1. The molecule has 0 aromatic carbocycles. The highest BCUT2D eigenvalue weighted by Gasteiger charge is 2.31. The molecule has 0 aromatic rings. The molecule has 2 rings (SSSR count). The number of ether oxygens (including phenoxy) is 1. The first-order valence-electron chi connectivity index (χ1n) is 5.27. The molecular formula is C10H19NO2. The molecule has 1 amide bonds. The Balaban J connectivity index is 0.000000396. The molecule has 0 aromatic heterocycles. The van der Waals surface area contributed by atoms with Gasteiger partial charge < -0.3 is 10.1 Å². The molecule has 2 aliphatic rings. The van der Waals surface area contributed by atoms with Crippen molar-refractivity contribution >= 4 is 5.91 Å². The second kappa shape index (κ2) is 5.22. The minimum absolute atomic E-state index is 0.0492.